The summed E-state index contributed by atoms with van der Waals surface area (Å²) in [5, 5.41) is 4.00. The largest absolute Gasteiger partial charge is 0.474 e. The fourth-order valence-corrected chi connectivity index (χ4v) is 2.47. The van der Waals surface area contributed by atoms with Gasteiger partial charge in [-0.1, -0.05) is 0 Å². The lowest BCUT2D eigenvalue weighted by atomic mass is 10.1. The first-order valence-electron chi connectivity index (χ1n) is 7.40. The molecule has 8 heteroatoms. The number of carbonyl (C=O) groups is 1. The van der Waals surface area contributed by atoms with Gasteiger partial charge in [-0.05, 0) is 6.07 Å². The zero-order valence-corrected chi connectivity index (χ0v) is 12.8. The zero-order chi connectivity index (χ0) is 16.2. The molecule has 0 aliphatic carbocycles. The van der Waals surface area contributed by atoms with Gasteiger partial charge in [-0.15, -0.1) is 0 Å². The van der Waals surface area contributed by atoms with E-state index in [1.807, 2.05) is 0 Å². The highest BCUT2D eigenvalue weighted by molar-refractivity contribution is 5.92. The molecule has 1 aliphatic rings. The molecular formula is C15H17N5O3. The van der Waals surface area contributed by atoms with E-state index in [0.29, 0.717) is 19.0 Å². The Morgan fingerprint density at radius 1 is 1.26 bits per heavy atom. The summed E-state index contributed by atoms with van der Waals surface area (Å²) in [6.45, 7) is 1.16. The van der Waals surface area contributed by atoms with Crippen LogP contribution in [0.3, 0.4) is 0 Å². The zero-order valence-electron chi connectivity index (χ0n) is 12.8. The summed E-state index contributed by atoms with van der Waals surface area (Å²) in [5.74, 6) is 0.380. The molecule has 0 atom stereocenters. The molecule has 2 aromatic rings. The Kier molecular flexibility index (Phi) is 4.31. The summed E-state index contributed by atoms with van der Waals surface area (Å²) in [5.41, 5.74) is 0.0424. The van der Waals surface area contributed by atoms with Gasteiger partial charge in [0.25, 0.3) is 11.5 Å². The number of hydrogen-bond acceptors (Lipinski definition) is 6. The molecule has 3 heterocycles. The number of carbonyl (C=O) groups excluding carboxylic acids is 1. The second-order valence-corrected chi connectivity index (χ2v) is 5.34. The topological polar surface area (TPSA) is 90.2 Å². The van der Waals surface area contributed by atoms with Gasteiger partial charge in [-0.25, -0.2) is 14.6 Å². The number of aryl methyl sites for hydroxylation is 1. The Bertz CT molecular complexity index is 738. The lowest BCUT2D eigenvalue weighted by Crippen LogP contribution is -2.42. The molecule has 2 aromatic heterocycles. The van der Waals surface area contributed by atoms with Crippen LogP contribution in [-0.4, -0.2) is 49.7 Å². The highest BCUT2D eigenvalue weighted by atomic mass is 16.5. The van der Waals surface area contributed by atoms with Crippen LogP contribution in [0.2, 0.25) is 0 Å². The van der Waals surface area contributed by atoms with E-state index < -0.39 is 0 Å². The number of likely N-dealkylation sites (tertiary alicyclic amines) is 1. The molecule has 0 spiro atoms. The molecule has 0 radical (unpaired) electrons. The fraction of sp³-hybridized carbons (Fsp3) is 0.400. The average molecular weight is 315 g/mol. The Balaban J connectivity index is 1.59. The standard InChI is InChI=1S/C15H17N5O3/c1-19-14(21)3-2-12(18-19)15(22)20-8-5-11(6-9-20)23-13-4-7-16-10-17-13/h2-4,7,10-11H,5-6,8-9H2,1H3. The molecule has 8 nitrogen and oxygen atoms in total. The van der Waals surface area contributed by atoms with Crippen LogP contribution < -0.4 is 10.3 Å². The molecule has 1 fully saturated rings. The maximum absolute atomic E-state index is 12.4. The van der Waals surface area contributed by atoms with Crippen molar-refractivity contribution in [3.63, 3.8) is 0 Å². The van der Waals surface area contributed by atoms with E-state index >= 15 is 0 Å². The van der Waals surface area contributed by atoms with Crippen LogP contribution in [0.15, 0.2) is 35.5 Å². The van der Waals surface area contributed by atoms with Crippen molar-refractivity contribution in [1.82, 2.24) is 24.6 Å². The number of hydrogen-bond donors (Lipinski definition) is 0. The normalized spacial score (nSPS) is 15.4. The van der Waals surface area contributed by atoms with Gasteiger partial charge in [0.2, 0.25) is 5.88 Å². The molecule has 120 valence electrons. The van der Waals surface area contributed by atoms with Crippen LogP contribution >= 0.6 is 0 Å². The van der Waals surface area contributed by atoms with Crippen molar-refractivity contribution in [2.45, 2.75) is 18.9 Å². The summed E-state index contributed by atoms with van der Waals surface area (Å²) in [6.07, 6.45) is 4.55. The monoisotopic (exact) mass is 315 g/mol. The van der Waals surface area contributed by atoms with Crippen LogP contribution in [0, 0.1) is 0 Å². The van der Waals surface area contributed by atoms with Crippen molar-refractivity contribution in [1.29, 1.82) is 0 Å². The quantitative estimate of drug-likeness (QED) is 0.806. The third-order valence-corrected chi connectivity index (χ3v) is 3.75. The van der Waals surface area contributed by atoms with Gasteiger partial charge in [0.1, 0.15) is 18.1 Å². The third-order valence-electron chi connectivity index (χ3n) is 3.75. The van der Waals surface area contributed by atoms with E-state index in [2.05, 4.69) is 15.1 Å². The summed E-state index contributed by atoms with van der Waals surface area (Å²) in [4.78, 5) is 33.4. The van der Waals surface area contributed by atoms with E-state index in [1.54, 1.807) is 17.2 Å². The highest BCUT2D eigenvalue weighted by Gasteiger charge is 2.25. The third kappa shape index (κ3) is 3.53. The van der Waals surface area contributed by atoms with Crippen LogP contribution in [0.5, 0.6) is 5.88 Å². The van der Waals surface area contributed by atoms with Crippen molar-refractivity contribution in [2.24, 2.45) is 7.05 Å². The van der Waals surface area contributed by atoms with Crippen molar-refractivity contribution >= 4 is 5.91 Å². The summed E-state index contributed by atoms with van der Waals surface area (Å²) < 4.78 is 6.94. The molecule has 0 bridgehead atoms. The number of aromatic nitrogens is 4. The van der Waals surface area contributed by atoms with E-state index in [0.717, 1.165) is 17.5 Å². The van der Waals surface area contributed by atoms with Gasteiger partial charge >= 0.3 is 0 Å². The minimum absolute atomic E-state index is 0.0297. The summed E-state index contributed by atoms with van der Waals surface area (Å²) in [6, 6.07) is 4.53. The molecule has 1 aliphatic heterocycles. The number of amides is 1. The molecule has 0 saturated carbocycles. The van der Waals surface area contributed by atoms with E-state index in [9.17, 15) is 9.59 Å². The minimum Gasteiger partial charge on any atom is -0.474 e. The second kappa shape index (κ2) is 6.55. The summed E-state index contributed by atoms with van der Waals surface area (Å²) >= 11 is 0. The molecule has 1 saturated heterocycles. The molecule has 1 amide bonds. The highest BCUT2D eigenvalue weighted by Crippen LogP contribution is 2.17. The fourth-order valence-electron chi connectivity index (χ4n) is 2.47. The predicted molar refractivity (Wildman–Crippen MR) is 81.1 cm³/mol. The molecule has 0 unspecified atom stereocenters. The molecular weight excluding hydrogens is 298 g/mol. The first kappa shape index (κ1) is 15.1. The number of piperidine rings is 1. The van der Waals surface area contributed by atoms with Crippen LogP contribution in [0.25, 0.3) is 0 Å². The molecule has 3 rings (SSSR count). The summed E-state index contributed by atoms with van der Waals surface area (Å²) in [7, 11) is 1.53. The van der Waals surface area contributed by atoms with Crippen molar-refractivity contribution < 1.29 is 9.53 Å². The number of rotatable bonds is 3. The van der Waals surface area contributed by atoms with Gasteiger partial charge < -0.3 is 9.64 Å². The van der Waals surface area contributed by atoms with E-state index in [1.165, 1.54) is 25.5 Å². The Hall–Kier alpha value is -2.77. The van der Waals surface area contributed by atoms with Crippen LogP contribution in [-0.2, 0) is 7.05 Å². The van der Waals surface area contributed by atoms with Crippen LogP contribution in [0.4, 0.5) is 0 Å². The first-order valence-corrected chi connectivity index (χ1v) is 7.40. The number of ether oxygens (including phenoxy) is 1. The average Bonchev–Trinajstić information content (AvgIpc) is 2.58. The van der Waals surface area contributed by atoms with Gasteiger partial charge in [0.05, 0.1) is 0 Å². The number of nitrogens with zero attached hydrogens (tertiary/aromatic N) is 5. The van der Waals surface area contributed by atoms with Gasteiger partial charge in [-0.3, -0.25) is 9.59 Å². The molecule has 0 aromatic carbocycles. The second-order valence-electron chi connectivity index (χ2n) is 5.34. The Morgan fingerprint density at radius 3 is 2.70 bits per heavy atom. The van der Waals surface area contributed by atoms with Gasteiger partial charge in [-0.2, -0.15) is 5.10 Å². The van der Waals surface area contributed by atoms with E-state index in [4.69, 9.17) is 4.74 Å². The van der Waals surface area contributed by atoms with Gasteiger partial charge in [0, 0.05) is 51.3 Å². The molecule has 0 N–H and O–H groups in total. The maximum atomic E-state index is 12.4. The lowest BCUT2D eigenvalue weighted by Gasteiger charge is -2.31. The van der Waals surface area contributed by atoms with Gasteiger partial charge in [0.15, 0.2) is 0 Å². The van der Waals surface area contributed by atoms with Crippen molar-refractivity contribution in [2.75, 3.05) is 13.1 Å². The maximum Gasteiger partial charge on any atom is 0.274 e. The van der Waals surface area contributed by atoms with Crippen molar-refractivity contribution in [3.8, 4) is 5.88 Å². The Morgan fingerprint density at radius 2 is 2.04 bits per heavy atom. The SMILES string of the molecule is Cn1nc(C(=O)N2CCC(Oc3ccncn3)CC2)ccc1=O. The smallest absolute Gasteiger partial charge is 0.274 e. The first-order chi connectivity index (χ1) is 11.1. The lowest BCUT2D eigenvalue weighted by molar-refractivity contribution is 0.0580. The van der Waals surface area contributed by atoms with Crippen LogP contribution in [0.1, 0.15) is 23.3 Å². The van der Waals surface area contributed by atoms with E-state index in [-0.39, 0.29) is 23.3 Å². The Labute approximate surface area is 132 Å². The molecule has 23 heavy (non-hydrogen) atoms. The predicted octanol–water partition coefficient (Wildman–Crippen LogP) is 0.254. The minimum atomic E-state index is -0.237. The van der Waals surface area contributed by atoms with Crippen molar-refractivity contribution in [3.05, 3.63) is 46.8 Å².